The molecule has 0 unspecified atom stereocenters. The summed E-state index contributed by atoms with van der Waals surface area (Å²) in [5.41, 5.74) is 1.81. The van der Waals surface area contributed by atoms with Gasteiger partial charge in [-0.2, -0.15) is 0 Å². The summed E-state index contributed by atoms with van der Waals surface area (Å²) in [6.45, 7) is 3.01. The summed E-state index contributed by atoms with van der Waals surface area (Å²) in [7, 11) is 0. The van der Waals surface area contributed by atoms with Crippen molar-refractivity contribution in [2.24, 2.45) is 0 Å². The fraction of sp³-hybridized carbons (Fsp3) is 0.161. The monoisotopic (exact) mass is 559 g/mol. The van der Waals surface area contributed by atoms with Crippen molar-refractivity contribution in [3.8, 4) is 17.2 Å². The molecule has 39 heavy (non-hydrogen) atoms. The summed E-state index contributed by atoms with van der Waals surface area (Å²) >= 11 is 7.01. The maximum absolute atomic E-state index is 13.0. The fourth-order valence-electron chi connectivity index (χ4n) is 4.23. The number of carbonyl (C=O) groups excluding carboxylic acids is 2. The number of carbonyl (C=O) groups is 2. The average Bonchev–Trinajstić information content (AvgIpc) is 3.21. The van der Waals surface area contributed by atoms with Crippen LogP contribution in [0.25, 0.3) is 16.8 Å². The molecular formula is C31H26ClNO5S. The minimum absolute atomic E-state index is 0.123. The minimum atomic E-state index is -0.359. The van der Waals surface area contributed by atoms with Gasteiger partial charge in [0.15, 0.2) is 11.5 Å². The Labute approximate surface area is 236 Å². The second-order valence-electron chi connectivity index (χ2n) is 8.68. The van der Waals surface area contributed by atoms with Gasteiger partial charge in [0, 0.05) is 0 Å². The fourth-order valence-corrected chi connectivity index (χ4v) is 5.28. The molecule has 0 aromatic heterocycles. The SMILES string of the molecule is CCOc1cc(/C=C2\SC(=O)N(CCOc3ccccc3Cl)C2=O)ccc1OCc1cccc2ccccc12. The molecule has 5 rings (SSSR count). The van der Waals surface area contributed by atoms with Crippen molar-refractivity contribution in [1.29, 1.82) is 0 Å². The number of halogens is 1. The van der Waals surface area contributed by atoms with Gasteiger partial charge >= 0.3 is 0 Å². The Bertz CT molecular complexity index is 1550. The lowest BCUT2D eigenvalue weighted by atomic mass is 10.1. The Kier molecular flexibility index (Phi) is 8.39. The molecule has 198 valence electrons. The number of fused-ring (bicyclic) bond motifs is 1. The predicted octanol–water partition coefficient (Wildman–Crippen LogP) is 7.59. The highest BCUT2D eigenvalue weighted by Gasteiger charge is 2.34. The van der Waals surface area contributed by atoms with Crippen molar-refractivity contribution in [3.05, 3.63) is 106 Å². The normalized spacial score (nSPS) is 14.3. The first kappa shape index (κ1) is 26.7. The summed E-state index contributed by atoms with van der Waals surface area (Å²) in [5.74, 6) is 1.32. The molecule has 0 aliphatic carbocycles. The van der Waals surface area contributed by atoms with Gasteiger partial charge in [0.2, 0.25) is 0 Å². The minimum Gasteiger partial charge on any atom is -0.490 e. The van der Waals surface area contributed by atoms with E-state index in [0.717, 1.165) is 33.7 Å². The molecule has 6 nitrogen and oxygen atoms in total. The van der Waals surface area contributed by atoms with Crippen LogP contribution in [0.2, 0.25) is 5.02 Å². The number of benzene rings is 4. The van der Waals surface area contributed by atoms with Crippen molar-refractivity contribution >= 4 is 51.4 Å². The summed E-state index contributed by atoms with van der Waals surface area (Å²) in [4.78, 5) is 27.0. The second kappa shape index (κ2) is 12.3. The third kappa shape index (κ3) is 6.21. The first-order chi connectivity index (χ1) is 19.0. The van der Waals surface area contributed by atoms with Gasteiger partial charge in [0.05, 0.1) is 23.1 Å². The standard InChI is InChI=1S/C31H26ClNO5S/c1-2-36-28-18-21(14-15-27(28)38-20-23-10-7-9-22-8-3-4-11-24(22)23)19-29-30(34)33(31(35)39-29)16-17-37-26-13-6-5-12-25(26)32/h3-15,18-19H,2,16-17,20H2,1H3/b29-19-. The summed E-state index contributed by atoms with van der Waals surface area (Å²) in [6, 6.07) is 26.9. The summed E-state index contributed by atoms with van der Waals surface area (Å²) < 4.78 is 17.6. The summed E-state index contributed by atoms with van der Waals surface area (Å²) in [5, 5.41) is 2.43. The van der Waals surface area contributed by atoms with Crippen LogP contribution in [0, 0.1) is 0 Å². The van der Waals surface area contributed by atoms with E-state index in [1.165, 1.54) is 4.90 Å². The Hall–Kier alpha value is -3.94. The van der Waals surface area contributed by atoms with Gasteiger partial charge in [0.25, 0.3) is 11.1 Å². The van der Waals surface area contributed by atoms with E-state index in [4.69, 9.17) is 25.8 Å². The Morgan fingerprint density at radius 3 is 2.49 bits per heavy atom. The van der Waals surface area contributed by atoms with Gasteiger partial charge < -0.3 is 14.2 Å². The van der Waals surface area contributed by atoms with Gasteiger partial charge in [-0.05, 0) is 70.9 Å². The highest BCUT2D eigenvalue weighted by Crippen LogP contribution is 2.35. The third-order valence-electron chi connectivity index (χ3n) is 6.11. The molecule has 0 saturated carbocycles. The number of thioether (sulfide) groups is 1. The van der Waals surface area contributed by atoms with Gasteiger partial charge in [-0.3, -0.25) is 14.5 Å². The molecule has 1 fully saturated rings. The number of imide groups is 1. The number of nitrogens with zero attached hydrogens (tertiary/aromatic N) is 1. The first-order valence-corrected chi connectivity index (χ1v) is 13.7. The largest absolute Gasteiger partial charge is 0.490 e. The van der Waals surface area contributed by atoms with E-state index in [1.807, 2.05) is 49.4 Å². The van der Waals surface area contributed by atoms with Crippen LogP contribution in [0.3, 0.4) is 0 Å². The molecule has 0 radical (unpaired) electrons. The van der Waals surface area contributed by atoms with Crippen molar-refractivity contribution in [3.63, 3.8) is 0 Å². The lowest BCUT2D eigenvalue weighted by Crippen LogP contribution is -2.32. The van der Waals surface area contributed by atoms with Crippen molar-refractivity contribution < 1.29 is 23.8 Å². The van der Waals surface area contributed by atoms with Crippen LogP contribution in [0.4, 0.5) is 4.79 Å². The van der Waals surface area contributed by atoms with Crippen molar-refractivity contribution in [1.82, 2.24) is 4.90 Å². The molecule has 2 amide bonds. The van der Waals surface area contributed by atoms with Gasteiger partial charge in [-0.1, -0.05) is 72.3 Å². The highest BCUT2D eigenvalue weighted by molar-refractivity contribution is 8.18. The Morgan fingerprint density at radius 2 is 1.64 bits per heavy atom. The predicted molar refractivity (Wildman–Crippen MR) is 156 cm³/mol. The maximum Gasteiger partial charge on any atom is 0.293 e. The van der Waals surface area contributed by atoms with Crippen LogP contribution in [0.5, 0.6) is 17.2 Å². The molecule has 4 aromatic rings. The zero-order valence-electron chi connectivity index (χ0n) is 21.3. The highest BCUT2D eigenvalue weighted by atomic mass is 35.5. The smallest absolute Gasteiger partial charge is 0.293 e. The summed E-state index contributed by atoms with van der Waals surface area (Å²) in [6.07, 6.45) is 1.69. The van der Waals surface area contributed by atoms with Crippen molar-refractivity contribution in [2.75, 3.05) is 19.8 Å². The molecule has 4 aromatic carbocycles. The Balaban J connectivity index is 1.27. The van der Waals surface area contributed by atoms with Crippen molar-refractivity contribution in [2.45, 2.75) is 13.5 Å². The third-order valence-corrected chi connectivity index (χ3v) is 7.33. The molecule has 0 spiro atoms. The number of hydrogen-bond acceptors (Lipinski definition) is 6. The molecular weight excluding hydrogens is 534 g/mol. The lowest BCUT2D eigenvalue weighted by Gasteiger charge is -2.14. The molecule has 0 N–H and O–H groups in total. The lowest BCUT2D eigenvalue weighted by molar-refractivity contribution is -0.123. The molecule has 1 heterocycles. The molecule has 1 saturated heterocycles. The van der Waals surface area contributed by atoms with E-state index in [1.54, 1.807) is 30.3 Å². The zero-order valence-corrected chi connectivity index (χ0v) is 22.8. The van der Waals surface area contributed by atoms with Crippen LogP contribution in [0.15, 0.2) is 89.8 Å². The average molecular weight is 560 g/mol. The van der Waals surface area contributed by atoms with E-state index in [0.29, 0.717) is 40.4 Å². The number of para-hydroxylation sites is 1. The van der Waals surface area contributed by atoms with Crippen LogP contribution >= 0.6 is 23.4 Å². The van der Waals surface area contributed by atoms with E-state index in [9.17, 15) is 9.59 Å². The van der Waals surface area contributed by atoms with Crippen LogP contribution in [-0.2, 0) is 11.4 Å². The van der Waals surface area contributed by atoms with Crippen LogP contribution in [0.1, 0.15) is 18.1 Å². The second-order valence-corrected chi connectivity index (χ2v) is 10.1. The first-order valence-electron chi connectivity index (χ1n) is 12.5. The van der Waals surface area contributed by atoms with Crippen LogP contribution in [-0.4, -0.2) is 35.8 Å². The van der Waals surface area contributed by atoms with Gasteiger partial charge in [0.1, 0.15) is 19.0 Å². The van der Waals surface area contributed by atoms with Crippen LogP contribution < -0.4 is 14.2 Å². The molecule has 0 atom stereocenters. The quantitative estimate of drug-likeness (QED) is 0.187. The van der Waals surface area contributed by atoms with E-state index in [2.05, 4.69) is 18.2 Å². The number of ether oxygens (including phenoxy) is 3. The molecule has 0 bridgehead atoms. The van der Waals surface area contributed by atoms with E-state index < -0.39 is 0 Å². The van der Waals surface area contributed by atoms with E-state index in [-0.39, 0.29) is 24.3 Å². The molecule has 8 heteroatoms. The molecule has 1 aliphatic rings. The number of rotatable bonds is 10. The Morgan fingerprint density at radius 1 is 0.846 bits per heavy atom. The number of amides is 2. The number of hydrogen-bond donors (Lipinski definition) is 0. The topological polar surface area (TPSA) is 65.1 Å². The van der Waals surface area contributed by atoms with Gasteiger partial charge in [-0.25, -0.2) is 0 Å². The maximum atomic E-state index is 13.0. The zero-order chi connectivity index (χ0) is 27.2. The van der Waals surface area contributed by atoms with E-state index >= 15 is 0 Å². The molecule has 1 aliphatic heterocycles. The van der Waals surface area contributed by atoms with Gasteiger partial charge in [-0.15, -0.1) is 0 Å².